The van der Waals surface area contributed by atoms with Gasteiger partial charge in [0.1, 0.15) is 0 Å². The van der Waals surface area contributed by atoms with Crippen molar-refractivity contribution in [2.45, 2.75) is 326 Å². The highest BCUT2D eigenvalue weighted by Gasteiger charge is 2.30. The van der Waals surface area contributed by atoms with Crippen LogP contribution in [0.2, 0.25) is 2.82 Å². The van der Waals surface area contributed by atoms with Crippen molar-refractivity contribution in [2.75, 3.05) is 72.0 Å². The Hall–Kier alpha value is -5.43. The van der Waals surface area contributed by atoms with Gasteiger partial charge in [0.2, 0.25) is 59.1 Å². The van der Waals surface area contributed by atoms with Gasteiger partial charge in [0.15, 0.2) is 8.61 Å². The summed E-state index contributed by atoms with van der Waals surface area (Å²) in [6.07, 6.45) is 20.4. The zero-order chi connectivity index (χ0) is 79.1. The Kier molecular flexibility index (Phi) is 54.3. The third-order valence-electron chi connectivity index (χ3n) is 17.8. The van der Waals surface area contributed by atoms with Gasteiger partial charge in [-0.25, -0.2) is 0 Å². The van der Waals surface area contributed by atoms with Gasteiger partial charge in [-0.2, -0.15) is 0 Å². The lowest BCUT2D eigenvalue weighted by Crippen LogP contribution is -2.52. The molecule has 0 aliphatic carbocycles. The fourth-order valence-corrected chi connectivity index (χ4v) is 13.5. The first-order chi connectivity index (χ1) is 49.9. The third-order valence-corrected chi connectivity index (χ3v) is 19.3. The lowest BCUT2D eigenvalue weighted by atomic mass is 10.0. The molecule has 0 heterocycles. The van der Waals surface area contributed by atoms with Gasteiger partial charge in [0.05, 0.1) is 32.2 Å². The van der Waals surface area contributed by atoms with E-state index < -0.39 is 18.1 Å². The van der Waals surface area contributed by atoms with E-state index >= 15 is 0 Å². The summed E-state index contributed by atoms with van der Waals surface area (Å²) in [5.74, 6) is -1.46. The molecule has 5 atom stereocenters. The number of carbonyl (C=O) groups excluding carboxylic acids is 11. The first-order valence-electron chi connectivity index (χ1n) is 40.8. The fraction of sp³-hybridized carbons (Fsp3) is 0.859. The number of nitrogens with one attached hydrogen (secondary N) is 8. The van der Waals surface area contributed by atoms with Crippen LogP contribution < -0.4 is 31.9 Å². The Morgan fingerprint density at radius 1 is 0.350 bits per heavy atom. The number of hydrogen-bond acceptors (Lipinski definition) is 13. The van der Waals surface area contributed by atoms with Crippen LogP contribution in [0.5, 0.6) is 0 Å². The van der Waals surface area contributed by atoms with Crippen LogP contribution >= 0.6 is 16.7 Å². The number of ketones is 1. The van der Waals surface area contributed by atoms with Gasteiger partial charge in [-0.3, -0.25) is 63.0 Å². The largest absolute Gasteiger partial charge is 0.356 e. The first kappa shape index (κ1) is 93.7. The summed E-state index contributed by atoms with van der Waals surface area (Å²) in [5, 5.41) is 25.3. The standard InChI is InChI=1S/C78H146N12O11P2/c1-16-19-27-35-65(102-79)51-89(77(100)47-61(12)13)55-73(96)84-63(43-57(4)5)49-87(75(98)45-59(8)9)53-71(94)82-40-32-25-21-23-29-38-69(92)81-42-34-31-37-67(68(91)18-3)86-70(93)39-30-24-22-26-33-41-83-72(95)54-88(76(99)46-60(10)11)50-64(44-58(6)7)85-74(97)56-90(78(101)48-62(14)15)52-66(103-80)36-28-20-17-2/h57-67,79-80H,16-56H2,1-15H3,(H,81,92)(H,82,94)(H,83,95)(H,84,96)(H,85,97)(H,86,93)/t63-,64-,65-,66-,67-/m0/s1/i/hH2. The molecule has 0 spiro atoms. The van der Waals surface area contributed by atoms with Crippen LogP contribution in [0.1, 0.15) is 296 Å². The summed E-state index contributed by atoms with van der Waals surface area (Å²) in [6, 6.07) is -1.50. The summed E-state index contributed by atoms with van der Waals surface area (Å²) < 4.78 is 15.0. The van der Waals surface area contributed by atoms with E-state index in [0.717, 1.165) is 103 Å². The third kappa shape index (κ3) is 52.2. The Labute approximate surface area is 629 Å². The fourth-order valence-electron chi connectivity index (χ4n) is 12.4. The Balaban J connectivity index is 5.05. The molecule has 0 aromatic heterocycles. The number of carbonyl (C=O) groups is 11. The highest BCUT2D eigenvalue weighted by atomic mass is 31.1. The monoisotopic (exact) mass is 1490 g/mol. The van der Waals surface area contributed by atoms with E-state index in [9.17, 15) is 52.7 Å². The molecule has 0 aromatic rings. The molecule has 594 valence electrons. The number of hydrogen-bond donors (Lipinski definition) is 8. The molecule has 0 bridgehead atoms. The van der Waals surface area contributed by atoms with E-state index in [4.69, 9.17) is 2.82 Å². The number of amides is 10. The highest BCUT2D eigenvalue weighted by molar-refractivity contribution is 7.26. The van der Waals surface area contributed by atoms with Crippen molar-refractivity contribution in [1.29, 1.82) is 10.3 Å². The second-order valence-electron chi connectivity index (χ2n) is 31.3. The molecule has 0 aliphatic rings. The molecule has 8 N–H and O–H groups in total. The van der Waals surface area contributed by atoms with E-state index in [-0.39, 0.29) is 177 Å². The number of Topliss-reactive ketones (excluding diaryl/α,β-unsaturated/α-hetero) is 1. The molecule has 10 amide bonds. The SMILES string of the molecule is [1H]N=P[C@@H](CCCCC)CN(CC(=O)N[C@@H](CC(C)C)CN(CC(=O)NCCCCCCCC(=O)NCCCC[C@H](NC(=O)CCCCCCCNC(=O)CN(C[C@H](CC(C)C)NC(=O)CN(C[C@H](CCCCC)P=N[1H])C(=O)CC(C)C)C(=O)CC(C)C)C(=O)CC)C(=O)CC(C)C)C(=O)CC(C)C. The molecular weight excluding hydrogens is 1340 g/mol. The maximum atomic E-state index is 13.8. The van der Waals surface area contributed by atoms with Gasteiger partial charge in [0, 0.05) is 131 Å². The second kappa shape index (κ2) is 59.7. The van der Waals surface area contributed by atoms with Crippen LogP contribution in [0.15, 0.2) is 0 Å². The summed E-state index contributed by atoms with van der Waals surface area (Å²) in [7, 11) is 1.14. The lowest BCUT2D eigenvalue weighted by Gasteiger charge is -2.31. The maximum Gasteiger partial charge on any atom is 0.239 e. The van der Waals surface area contributed by atoms with E-state index in [0.29, 0.717) is 114 Å². The van der Waals surface area contributed by atoms with E-state index in [1.54, 1.807) is 16.7 Å². The van der Waals surface area contributed by atoms with Crippen molar-refractivity contribution in [3.8, 4) is 0 Å². The predicted molar refractivity (Wildman–Crippen MR) is 418 cm³/mol. The van der Waals surface area contributed by atoms with Crippen LogP contribution in [-0.4, -0.2) is 186 Å². The van der Waals surface area contributed by atoms with Crippen molar-refractivity contribution < 1.29 is 55.6 Å². The number of unbranched alkanes of at least 4 members (excludes halogenated alkanes) is 13. The van der Waals surface area contributed by atoms with Gasteiger partial charge in [-0.15, -0.1) is 0 Å². The first-order valence-corrected chi connectivity index (χ1v) is 41.7. The minimum Gasteiger partial charge on any atom is -0.356 e. The van der Waals surface area contributed by atoms with Crippen LogP contribution in [0.25, 0.3) is 0 Å². The molecule has 0 radical (unpaired) electrons. The van der Waals surface area contributed by atoms with Gasteiger partial charge < -0.3 is 51.5 Å². The molecule has 25 heteroatoms. The maximum absolute atomic E-state index is 13.8. The lowest BCUT2D eigenvalue weighted by molar-refractivity contribution is -0.138. The smallest absolute Gasteiger partial charge is 0.239 e. The second-order valence-corrected chi connectivity index (χ2v) is 33.3. The average molecular weight is 1490 g/mol. The van der Waals surface area contributed by atoms with Crippen LogP contribution in [0, 0.1) is 45.8 Å². The molecule has 0 aromatic carbocycles. The minimum absolute atomic E-state index is 0.0328. The van der Waals surface area contributed by atoms with E-state index in [1.165, 1.54) is 9.80 Å². The zero-order valence-corrected chi connectivity index (χ0v) is 68.7. The van der Waals surface area contributed by atoms with Crippen molar-refractivity contribution >= 4 is 81.6 Å². The Bertz CT molecular complexity index is 2550. The zero-order valence-electron chi connectivity index (χ0n) is 68.9. The summed E-state index contributed by atoms with van der Waals surface area (Å²) >= 11 is 0. The number of rotatable bonds is 64. The predicted octanol–water partition coefficient (Wildman–Crippen LogP) is 13.5. The summed E-state index contributed by atoms with van der Waals surface area (Å²) in [5.41, 5.74) is -0.118. The van der Waals surface area contributed by atoms with Crippen molar-refractivity contribution in [3.63, 3.8) is 0 Å². The van der Waals surface area contributed by atoms with Gasteiger partial charge >= 0.3 is 0 Å². The van der Waals surface area contributed by atoms with Crippen molar-refractivity contribution in [3.05, 3.63) is 0 Å². The topological polar surface area (TPSA) is 321 Å². The molecule has 0 fully saturated rings. The summed E-state index contributed by atoms with van der Waals surface area (Å²) in [4.78, 5) is 153. The van der Waals surface area contributed by atoms with Crippen LogP contribution in [0.3, 0.4) is 0 Å². The molecule has 0 saturated carbocycles. The van der Waals surface area contributed by atoms with E-state index in [2.05, 4.69) is 56.1 Å². The Morgan fingerprint density at radius 3 is 1.02 bits per heavy atom. The molecule has 0 aliphatic heterocycles. The highest BCUT2D eigenvalue weighted by Crippen LogP contribution is 2.22. The normalized spacial score (nSPS) is 13.4. The van der Waals surface area contributed by atoms with Gasteiger partial charge in [0.25, 0.3) is 0 Å². The molecule has 0 saturated heterocycles. The van der Waals surface area contributed by atoms with Crippen molar-refractivity contribution in [1.82, 2.24) is 51.5 Å². The molecule has 23 nitrogen and oxygen atoms in total. The quantitative estimate of drug-likeness (QED) is 0.0209. The Morgan fingerprint density at radius 2 is 0.670 bits per heavy atom. The van der Waals surface area contributed by atoms with Gasteiger partial charge in [-0.05, 0) is 106 Å². The van der Waals surface area contributed by atoms with E-state index in [1.807, 2.05) is 83.1 Å². The molecular formula is C78H146N12O11P2. The molecule has 0 rings (SSSR count). The van der Waals surface area contributed by atoms with Gasteiger partial charge in [-0.1, -0.05) is 181 Å². The molecule has 0 unspecified atom stereocenters. The average Bonchev–Trinajstić information content (AvgIpc) is 0.892. The van der Waals surface area contributed by atoms with Crippen LogP contribution in [0.4, 0.5) is 0 Å². The summed E-state index contributed by atoms with van der Waals surface area (Å²) in [6.45, 7) is 31.4. The minimum atomic E-state index is -0.588. The van der Waals surface area contributed by atoms with Crippen LogP contribution in [-0.2, 0) is 52.7 Å². The van der Waals surface area contributed by atoms with Crippen molar-refractivity contribution in [2.24, 2.45) is 35.5 Å². The molecule has 103 heavy (non-hydrogen) atoms. The number of nitrogens with zero attached hydrogens (tertiary/aromatic N) is 4.